The van der Waals surface area contributed by atoms with Crippen LogP contribution in [0.15, 0.2) is 69.3 Å². The van der Waals surface area contributed by atoms with Gasteiger partial charge in [-0.25, -0.2) is 13.2 Å². The molecule has 0 aliphatic carbocycles. The van der Waals surface area contributed by atoms with Gasteiger partial charge in [0.25, 0.3) is 5.89 Å². The van der Waals surface area contributed by atoms with Gasteiger partial charge in [-0.1, -0.05) is 29.4 Å². The Balaban J connectivity index is 1.68. The third kappa shape index (κ3) is 8.43. The van der Waals surface area contributed by atoms with Crippen molar-refractivity contribution in [1.82, 2.24) is 15.5 Å². The highest BCUT2D eigenvalue weighted by molar-refractivity contribution is 7.91. The lowest BCUT2D eigenvalue weighted by Crippen LogP contribution is -2.55. The number of alkyl halides is 6. The number of oxime groups is 1. The number of nitrogens with zero attached hydrogens (tertiary/aromatic N) is 4. The van der Waals surface area contributed by atoms with Crippen LogP contribution in [0.3, 0.4) is 0 Å². The van der Waals surface area contributed by atoms with Crippen molar-refractivity contribution < 1.29 is 58.3 Å². The number of benzene rings is 2. The Bertz CT molecular complexity index is 1930. The number of allylic oxidation sites excluding steroid dienone is 1. The summed E-state index contributed by atoms with van der Waals surface area (Å²) in [5.74, 6) is -4.15. The molecule has 19 heteroatoms. The van der Waals surface area contributed by atoms with E-state index in [4.69, 9.17) is 9.15 Å². The van der Waals surface area contributed by atoms with Crippen LogP contribution in [-0.4, -0.2) is 60.0 Å². The van der Waals surface area contributed by atoms with Crippen molar-refractivity contribution in [2.24, 2.45) is 5.16 Å². The zero-order chi connectivity index (χ0) is 37.4. The fourth-order valence-electron chi connectivity index (χ4n) is 4.46. The topological polar surface area (TPSA) is 153 Å². The summed E-state index contributed by atoms with van der Waals surface area (Å²) in [4.78, 5) is 30.8. The highest BCUT2D eigenvalue weighted by atomic mass is 32.2. The molecule has 2 aromatic carbocycles. The second-order valence-electron chi connectivity index (χ2n) is 12.3. The molecule has 1 atom stereocenters. The number of sulfone groups is 1. The minimum atomic E-state index is -5.14. The molecule has 0 fully saturated rings. The predicted octanol–water partition coefficient (Wildman–Crippen LogP) is 6.57. The van der Waals surface area contributed by atoms with Gasteiger partial charge in [-0.15, -0.1) is 10.2 Å². The molecule has 1 aliphatic heterocycles. The molecule has 0 unspecified atom stereocenters. The molecule has 0 saturated heterocycles. The Morgan fingerprint density at radius 1 is 1.04 bits per heavy atom. The molecule has 0 radical (unpaired) electrons. The smallest absolute Gasteiger partial charge is 0.444 e. The molecule has 0 bridgehead atoms. The van der Waals surface area contributed by atoms with Gasteiger partial charge < -0.3 is 18.9 Å². The van der Waals surface area contributed by atoms with Crippen molar-refractivity contribution in [2.45, 2.75) is 76.0 Å². The average Bonchev–Trinajstić information content (AvgIpc) is 3.47. The number of carbonyl (C=O) groups excluding carboxylic acids is 2. The summed E-state index contributed by atoms with van der Waals surface area (Å²) >= 11 is 0. The fraction of sp³-hybridized carbons (Fsp3) is 0.387. The quantitative estimate of drug-likeness (QED) is 0.117. The zero-order valence-electron chi connectivity index (χ0n) is 27.2. The maximum Gasteiger partial charge on any atom is 0.451 e. The Morgan fingerprint density at radius 3 is 2.26 bits per heavy atom. The number of rotatable bonds is 8. The van der Waals surface area contributed by atoms with Gasteiger partial charge in [0.1, 0.15) is 5.60 Å². The van der Waals surface area contributed by atoms with E-state index in [1.54, 1.807) is 5.32 Å². The third-order valence-corrected chi connectivity index (χ3v) is 8.97. The maximum absolute atomic E-state index is 14.3. The molecular weight excluding hydrogens is 700 g/mol. The summed E-state index contributed by atoms with van der Waals surface area (Å²) in [6.45, 7) is 8.96. The van der Waals surface area contributed by atoms with Crippen molar-refractivity contribution in [3.05, 3.63) is 71.8 Å². The van der Waals surface area contributed by atoms with Crippen molar-refractivity contribution in [2.75, 3.05) is 10.7 Å². The number of alkyl carbamates (subject to hydrolysis) is 1. The molecule has 1 N–H and O–H groups in total. The minimum Gasteiger partial charge on any atom is -0.444 e. The number of halogens is 6. The maximum atomic E-state index is 14.3. The summed E-state index contributed by atoms with van der Waals surface area (Å²) in [6.07, 6.45) is -11.7. The van der Waals surface area contributed by atoms with E-state index in [0.29, 0.717) is 18.1 Å². The first-order valence-electron chi connectivity index (χ1n) is 14.6. The highest BCUT2D eigenvalue weighted by Crippen LogP contribution is 2.40. The van der Waals surface area contributed by atoms with Gasteiger partial charge in [-0.2, -0.15) is 26.3 Å². The number of fused-ring (bicyclic) bond motifs is 1. The van der Waals surface area contributed by atoms with Crippen molar-refractivity contribution in [1.29, 1.82) is 0 Å². The molecule has 2 amide bonds. The summed E-state index contributed by atoms with van der Waals surface area (Å²) in [5, 5.41) is 12.4. The first-order chi connectivity index (χ1) is 22.9. The molecule has 50 heavy (non-hydrogen) atoms. The molecule has 1 aromatic heterocycles. The first kappa shape index (κ1) is 37.9. The largest absolute Gasteiger partial charge is 0.451 e. The number of amides is 2. The summed E-state index contributed by atoms with van der Waals surface area (Å²) in [6, 6.07) is 9.64. The number of hydrogen-bond donors (Lipinski definition) is 1. The fourth-order valence-corrected chi connectivity index (χ4v) is 5.88. The van der Waals surface area contributed by atoms with Crippen LogP contribution >= 0.6 is 0 Å². The molecular formula is C31H31F6N5O7S. The summed E-state index contributed by atoms with van der Waals surface area (Å²) in [7, 11) is -4.00. The highest BCUT2D eigenvalue weighted by Gasteiger charge is 2.58. The van der Waals surface area contributed by atoms with Crippen LogP contribution in [0.4, 0.5) is 36.8 Å². The number of nitrogens with one attached hydrogen (secondary N) is 1. The lowest BCUT2D eigenvalue weighted by molar-refractivity contribution is -0.199. The minimum absolute atomic E-state index is 0.0400. The molecule has 1 aliphatic rings. The molecule has 4 rings (SSSR count). The lowest BCUT2D eigenvalue weighted by Gasteiger charge is -2.30. The zero-order valence-corrected chi connectivity index (χ0v) is 28.0. The number of aromatic nitrogens is 2. The van der Waals surface area contributed by atoms with E-state index in [2.05, 4.69) is 26.8 Å². The van der Waals surface area contributed by atoms with Gasteiger partial charge in [0, 0.05) is 12.0 Å². The van der Waals surface area contributed by atoms with Crippen LogP contribution in [0.2, 0.25) is 0 Å². The third-order valence-electron chi connectivity index (χ3n) is 7.21. The van der Waals surface area contributed by atoms with Gasteiger partial charge >= 0.3 is 18.4 Å². The van der Waals surface area contributed by atoms with Crippen molar-refractivity contribution in [3.8, 4) is 11.5 Å². The van der Waals surface area contributed by atoms with Gasteiger partial charge in [0.2, 0.25) is 23.1 Å². The van der Waals surface area contributed by atoms with Crippen LogP contribution in [0, 0.1) is 0 Å². The first-order valence-corrected chi connectivity index (χ1v) is 16.2. The molecule has 12 nitrogen and oxygen atoms in total. The van der Waals surface area contributed by atoms with Gasteiger partial charge in [0.15, 0.2) is 9.84 Å². The van der Waals surface area contributed by atoms with Crippen molar-refractivity contribution >= 4 is 33.2 Å². The monoisotopic (exact) mass is 731 g/mol. The van der Waals surface area contributed by atoms with E-state index < -0.39 is 68.6 Å². The Morgan fingerprint density at radius 2 is 1.68 bits per heavy atom. The van der Waals surface area contributed by atoms with Crippen LogP contribution < -0.4 is 10.2 Å². The molecule has 2 heterocycles. The number of anilines is 1. The molecule has 3 aromatic rings. The van der Waals surface area contributed by atoms with Gasteiger partial charge in [-0.05, 0) is 70.5 Å². The van der Waals surface area contributed by atoms with E-state index >= 15 is 0 Å². The Labute approximate surface area is 282 Å². The van der Waals surface area contributed by atoms with E-state index in [-0.39, 0.29) is 34.8 Å². The average molecular weight is 732 g/mol. The molecule has 270 valence electrons. The van der Waals surface area contributed by atoms with E-state index in [1.807, 2.05) is 0 Å². The predicted molar refractivity (Wildman–Crippen MR) is 165 cm³/mol. The van der Waals surface area contributed by atoms with Crippen LogP contribution in [0.1, 0.15) is 58.1 Å². The van der Waals surface area contributed by atoms with E-state index in [1.165, 1.54) is 64.1 Å². The van der Waals surface area contributed by atoms with E-state index in [0.717, 1.165) is 11.0 Å². The van der Waals surface area contributed by atoms with Crippen LogP contribution in [0.25, 0.3) is 11.5 Å². The number of ether oxygens (including phenoxy) is 1. The number of hydrogen-bond acceptors (Lipinski definition) is 10. The van der Waals surface area contributed by atoms with Gasteiger partial charge in [-0.3, -0.25) is 10.1 Å². The number of carbonyl (C=O) groups is 2. The van der Waals surface area contributed by atoms with Gasteiger partial charge in [0.05, 0.1) is 28.6 Å². The second kappa shape index (κ2) is 13.4. The Kier molecular flexibility index (Phi) is 10.2. The lowest BCUT2D eigenvalue weighted by atomic mass is 10.0. The standard InChI is InChI=1S/C31H31F6N5O7S/c1-17(41-49-18(2)30(32,33)34)20-9-7-19(8-10-20)16-42-22-15-21(11-12-23(22)50(45,46)14-13-24(42)43)25-39-40-26(47-25)29(6,31(35,36)37)38-27(44)48-28(3,4)5/h7-12,15H,2,13-14,16H2,1,3-6H3,(H,38,44)/b41-17+/t29-/m1/s1. The van der Waals surface area contributed by atoms with Crippen molar-refractivity contribution in [3.63, 3.8) is 0 Å². The van der Waals surface area contributed by atoms with Crippen LogP contribution in [-0.2, 0) is 36.3 Å². The Hall–Kier alpha value is -4.94. The summed E-state index contributed by atoms with van der Waals surface area (Å²) < 4.78 is 117. The molecule has 0 spiro atoms. The molecule has 0 saturated carbocycles. The normalized spacial score (nSPS) is 16.6. The van der Waals surface area contributed by atoms with Crippen LogP contribution in [0.5, 0.6) is 0 Å². The summed E-state index contributed by atoms with van der Waals surface area (Å²) in [5.41, 5.74) is -3.54. The SMILES string of the molecule is C=C(O/N=C(\C)c1ccc(CN2C(=O)CCS(=O)(=O)c3ccc(-c4nnc([C@@](C)(NC(=O)OC(C)(C)C)C(F)(F)F)o4)cc32)cc1)C(F)(F)F. The second-order valence-corrected chi connectivity index (χ2v) is 14.4. The van der Waals surface area contributed by atoms with E-state index in [9.17, 15) is 44.3 Å².